The summed E-state index contributed by atoms with van der Waals surface area (Å²) >= 11 is 0. The van der Waals surface area contributed by atoms with E-state index < -0.39 is 5.60 Å². The molecule has 0 amide bonds. The Hall–Kier alpha value is -1.35. The second-order valence-corrected chi connectivity index (χ2v) is 5.88. The van der Waals surface area contributed by atoms with Gasteiger partial charge in [0.05, 0.1) is 16.8 Å². The predicted molar refractivity (Wildman–Crippen MR) is 78.3 cm³/mol. The maximum atomic E-state index is 11.1. The van der Waals surface area contributed by atoms with E-state index in [2.05, 4.69) is 32.8 Å². The molecule has 104 valence electrons. The summed E-state index contributed by atoms with van der Waals surface area (Å²) in [6.45, 7) is 10.4. The van der Waals surface area contributed by atoms with Crippen LogP contribution in [0.15, 0.2) is 24.4 Å². The fourth-order valence-electron chi connectivity index (χ4n) is 2.74. The SMILES string of the molecule is CCC(O)(c1c(C(C)C)nn2ccccc12)C(C)C. The summed E-state index contributed by atoms with van der Waals surface area (Å²) in [5.41, 5.74) is 2.21. The normalized spacial score (nSPS) is 15.4. The molecule has 1 atom stereocenters. The third-order valence-electron chi connectivity index (χ3n) is 4.04. The minimum absolute atomic E-state index is 0.156. The molecule has 1 N–H and O–H groups in total. The van der Waals surface area contributed by atoms with E-state index in [-0.39, 0.29) is 5.92 Å². The van der Waals surface area contributed by atoms with Crippen molar-refractivity contribution in [3.63, 3.8) is 0 Å². The number of hydrogen-bond acceptors (Lipinski definition) is 2. The van der Waals surface area contributed by atoms with E-state index in [0.717, 1.165) is 16.8 Å². The number of fused-ring (bicyclic) bond motifs is 1. The van der Waals surface area contributed by atoms with E-state index in [1.807, 2.05) is 35.8 Å². The van der Waals surface area contributed by atoms with Crippen molar-refractivity contribution in [2.24, 2.45) is 5.92 Å². The minimum atomic E-state index is -0.817. The smallest absolute Gasteiger partial charge is 0.0956 e. The Morgan fingerprint density at radius 3 is 2.47 bits per heavy atom. The predicted octanol–water partition coefficient (Wildman–Crippen LogP) is 3.71. The van der Waals surface area contributed by atoms with Crippen LogP contribution in [0, 0.1) is 5.92 Å². The molecule has 3 nitrogen and oxygen atoms in total. The van der Waals surface area contributed by atoms with E-state index >= 15 is 0 Å². The second kappa shape index (κ2) is 4.97. The van der Waals surface area contributed by atoms with Crippen molar-refractivity contribution in [2.45, 2.75) is 52.6 Å². The van der Waals surface area contributed by atoms with Gasteiger partial charge in [0.25, 0.3) is 0 Å². The van der Waals surface area contributed by atoms with Gasteiger partial charge in [-0.1, -0.05) is 40.7 Å². The fraction of sp³-hybridized carbons (Fsp3) is 0.562. The van der Waals surface area contributed by atoms with Gasteiger partial charge in [-0.25, -0.2) is 4.52 Å². The van der Waals surface area contributed by atoms with Crippen molar-refractivity contribution in [3.8, 4) is 0 Å². The lowest BCUT2D eigenvalue weighted by molar-refractivity contribution is -0.0136. The third-order valence-corrected chi connectivity index (χ3v) is 4.04. The highest BCUT2D eigenvalue weighted by Crippen LogP contribution is 2.39. The second-order valence-electron chi connectivity index (χ2n) is 5.88. The molecule has 1 unspecified atom stereocenters. The molecule has 0 aliphatic heterocycles. The van der Waals surface area contributed by atoms with Gasteiger partial charge < -0.3 is 5.11 Å². The van der Waals surface area contributed by atoms with E-state index in [9.17, 15) is 5.11 Å². The molecule has 3 heteroatoms. The van der Waals surface area contributed by atoms with E-state index in [4.69, 9.17) is 0 Å². The van der Waals surface area contributed by atoms with Crippen LogP contribution in [0.1, 0.15) is 58.2 Å². The number of aromatic nitrogens is 2. The summed E-state index contributed by atoms with van der Waals surface area (Å²) in [5.74, 6) is 0.454. The van der Waals surface area contributed by atoms with Gasteiger partial charge in [0, 0.05) is 11.8 Å². The lowest BCUT2D eigenvalue weighted by atomic mass is 9.79. The first-order valence-electron chi connectivity index (χ1n) is 7.12. The first kappa shape index (κ1) is 14.1. The number of rotatable bonds is 4. The first-order valence-corrected chi connectivity index (χ1v) is 7.12. The molecular weight excluding hydrogens is 236 g/mol. The zero-order valence-electron chi connectivity index (χ0n) is 12.5. The number of hydrogen-bond donors (Lipinski definition) is 1. The topological polar surface area (TPSA) is 37.5 Å². The van der Waals surface area contributed by atoms with Crippen LogP contribution >= 0.6 is 0 Å². The van der Waals surface area contributed by atoms with E-state index in [1.54, 1.807) is 0 Å². The molecule has 0 saturated heterocycles. The molecule has 0 bridgehead atoms. The van der Waals surface area contributed by atoms with Crippen LogP contribution in [0.4, 0.5) is 0 Å². The standard InChI is InChI=1S/C16H24N2O/c1-6-16(19,12(4)5)14-13-9-7-8-10-18(13)17-15(14)11(2)3/h7-12,19H,6H2,1-5H3. The van der Waals surface area contributed by atoms with Crippen molar-refractivity contribution in [1.82, 2.24) is 9.61 Å². The van der Waals surface area contributed by atoms with E-state index in [0.29, 0.717) is 12.3 Å². The molecule has 0 radical (unpaired) electrons. The van der Waals surface area contributed by atoms with Crippen LogP contribution in [-0.4, -0.2) is 14.7 Å². The Morgan fingerprint density at radius 1 is 1.26 bits per heavy atom. The fourth-order valence-corrected chi connectivity index (χ4v) is 2.74. The number of pyridine rings is 1. The Kier molecular flexibility index (Phi) is 3.68. The summed E-state index contributed by atoms with van der Waals surface area (Å²) < 4.78 is 1.88. The number of nitrogens with zero attached hydrogens (tertiary/aromatic N) is 2. The summed E-state index contributed by atoms with van der Waals surface area (Å²) in [6.07, 6.45) is 2.64. The largest absolute Gasteiger partial charge is 0.385 e. The zero-order chi connectivity index (χ0) is 14.2. The Labute approximate surface area is 115 Å². The van der Waals surface area contributed by atoms with Crippen molar-refractivity contribution < 1.29 is 5.11 Å². The maximum Gasteiger partial charge on any atom is 0.0956 e. The molecule has 2 rings (SSSR count). The molecule has 2 heterocycles. The van der Waals surface area contributed by atoms with Crippen LogP contribution in [0.2, 0.25) is 0 Å². The lowest BCUT2D eigenvalue weighted by Gasteiger charge is -2.32. The molecule has 0 aromatic carbocycles. The van der Waals surface area contributed by atoms with Gasteiger partial charge in [-0.15, -0.1) is 0 Å². The van der Waals surface area contributed by atoms with E-state index in [1.165, 1.54) is 0 Å². The highest BCUT2D eigenvalue weighted by atomic mass is 16.3. The van der Waals surface area contributed by atoms with Gasteiger partial charge in [0.2, 0.25) is 0 Å². The van der Waals surface area contributed by atoms with Gasteiger partial charge in [-0.3, -0.25) is 0 Å². The van der Waals surface area contributed by atoms with Crippen molar-refractivity contribution in [3.05, 3.63) is 35.7 Å². The van der Waals surface area contributed by atoms with Gasteiger partial charge in [-0.2, -0.15) is 5.10 Å². The summed E-state index contributed by atoms with van der Waals surface area (Å²) in [5, 5.41) is 15.8. The number of aliphatic hydroxyl groups is 1. The van der Waals surface area contributed by atoms with Gasteiger partial charge in [0.1, 0.15) is 0 Å². The maximum absolute atomic E-state index is 11.1. The van der Waals surface area contributed by atoms with Crippen LogP contribution in [0.5, 0.6) is 0 Å². The zero-order valence-corrected chi connectivity index (χ0v) is 12.5. The quantitative estimate of drug-likeness (QED) is 0.910. The summed E-state index contributed by atoms with van der Waals surface area (Å²) in [7, 11) is 0. The Bertz CT molecular complexity index is 571. The van der Waals surface area contributed by atoms with Gasteiger partial charge >= 0.3 is 0 Å². The molecule has 0 fully saturated rings. The highest BCUT2D eigenvalue weighted by molar-refractivity contribution is 5.60. The van der Waals surface area contributed by atoms with Crippen molar-refractivity contribution in [2.75, 3.05) is 0 Å². The van der Waals surface area contributed by atoms with Crippen LogP contribution < -0.4 is 0 Å². The molecule has 2 aromatic rings. The molecule has 19 heavy (non-hydrogen) atoms. The average Bonchev–Trinajstić information content (AvgIpc) is 2.77. The third kappa shape index (κ3) is 2.16. The minimum Gasteiger partial charge on any atom is -0.385 e. The Balaban J connectivity index is 2.79. The monoisotopic (exact) mass is 260 g/mol. The van der Waals surface area contributed by atoms with Crippen LogP contribution in [-0.2, 0) is 5.60 Å². The molecule has 0 aliphatic rings. The first-order chi connectivity index (χ1) is 8.91. The molecular formula is C16H24N2O. The van der Waals surface area contributed by atoms with Gasteiger partial charge in [0.15, 0.2) is 0 Å². The average molecular weight is 260 g/mol. The van der Waals surface area contributed by atoms with Gasteiger partial charge in [-0.05, 0) is 30.4 Å². The van der Waals surface area contributed by atoms with Crippen LogP contribution in [0.3, 0.4) is 0 Å². The molecule has 0 spiro atoms. The summed E-state index contributed by atoms with van der Waals surface area (Å²) in [4.78, 5) is 0. The molecule has 2 aromatic heterocycles. The van der Waals surface area contributed by atoms with Crippen molar-refractivity contribution in [1.29, 1.82) is 0 Å². The molecule has 0 saturated carbocycles. The highest BCUT2D eigenvalue weighted by Gasteiger charge is 2.37. The molecule has 0 aliphatic carbocycles. The Morgan fingerprint density at radius 2 is 1.95 bits per heavy atom. The summed E-state index contributed by atoms with van der Waals surface area (Å²) in [6, 6.07) is 6.01. The lowest BCUT2D eigenvalue weighted by Crippen LogP contribution is -2.32. The van der Waals surface area contributed by atoms with Crippen molar-refractivity contribution >= 4 is 5.52 Å². The van der Waals surface area contributed by atoms with Crippen LogP contribution in [0.25, 0.3) is 5.52 Å².